The first kappa shape index (κ1) is 15.5. The lowest BCUT2D eigenvalue weighted by atomic mass is 10.2. The minimum Gasteiger partial charge on any atom is -0.378 e. The Morgan fingerprint density at radius 2 is 1.95 bits per heavy atom. The largest absolute Gasteiger partial charge is 0.378 e. The van der Waals surface area contributed by atoms with Crippen LogP contribution in [0, 0.1) is 0 Å². The van der Waals surface area contributed by atoms with Gasteiger partial charge in [0.25, 0.3) is 5.91 Å². The second-order valence-corrected chi connectivity index (χ2v) is 7.00. The normalized spacial score (nSPS) is 18.4. The van der Waals surface area contributed by atoms with Crippen LogP contribution in [0.3, 0.4) is 0 Å². The van der Waals surface area contributed by atoms with Crippen LogP contribution in [-0.4, -0.2) is 30.6 Å². The highest BCUT2D eigenvalue weighted by Crippen LogP contribution is 2.23. The molecule has 0 saturated carbocycles. The molecule has 0 spiro atoms. The van der Waals surface area contributed by atoms with Gasteiger partial charge in [0.05, 0.1) is 4.90 Å². The minimum absolute atomic E-state index is 0.0526. The zero-order valence-corrected chi connectivity index (χ0v) is 12.3. The summed E-state index contributed by atoms with van der Waals surface area (Å²) in [7, 11) is -3.77. The number of nitrogens with zero attached hydrogens (tertiary/aromatic N) is 1. The molecule has 0 aromatic heterocycles. The van der Waals surface area contributed by atoms with E-state index in [4.69, 9.17) is 10.9 Å². The predicted molar refractivity (Wildman–Crippen MR) is 79.1 cm³/mol. The van der Waals surface area contributed by atoms with Crippen molar-refractivity contribution < 1.29 is 18.0 Å². The summed E-state index contributed by atoms with van der Waals surface area (Å²) in [5, 5.41) is 7.05. The van der Waals surface area contributed by atoms with Gasteiger partial charge in [-0.05, 0) is 24.3 Å². The summed E-state index contributed by atoms with van der Waals surface area (Å²) in [4.78, 5) is 26.6. The molecule has 2 amide bonds. The average molecular weight is 328 g/mol. The summed E-state index contributed by atoms with van der Waals surface area (Å²) in [6.07, 6.45) is -0.0648. The Balaban J connectivity index is 1.96. The molecule has 2 rings (SSSR count). The van der Waals surface area contributed by atoms with Crippen molar-refractivity contribution in [2.45, 2.75) is 16.6 Å². The number of thioether (sulfide) groups is 1. The van der Waals surface area contributed by atoms with Gasteiger partial charge in [-0.15, -0.1) is 0 Å². The molecule has 21 heavy (non-hydrogen) atoms. The standard InChI is InChI=1S/C11H12N4O4S2/c12-11-15-10(17)8(20-11)5-9(16)14-6-1-3-7(4-2-6)21(13,18)19/h1-4,8H,5H2,(H,14,16)(H2,12,15,17)(H2,13,18,19). The number of carbonyl (C=O) groups excluding carboxylic acids is 2. The van der Waals surface area contributed by atoms with Gasteiger partial charge in [0.1, 0.15) is 5.25 Å². The smallest absolute Gasteiger partial charge is 0.262 e. The first-order chi connectivity index (χ1) is 9.75. The fourth-order valence-electron chi connectivity index (χ4n) is 1.64. The number of benzene rings is 1. The Morgan fingerprint density at radius 1 is 1.33 bits per heavy atom. The topological polar surface area (TPSA) is 145 Å². The van der Waals surface area contributed by atoms with Crippen LogP contribution < -0.4 is 16.2 Å². The van der Waals surface area contributed by atoms with Crippen molar-refractivity contribution in [1.29, 1.82) is 0 Å². The number of hydrogen-bond acceptors (Lipinski definition) is 6. The SMILES string of the molecule is NC1=NC(=O)C(CC(=O)Nc2ccc(S(N)(=O)=O)cc2)S1. The fraction of sp³-hybridized carbons (Fsp3) is 0.182. The molecule has 0 radical (unpaired) electrons. The van der Waals surface area contributed by atoms with Gasteiger partial charge in [0.2, 0.25) is 15.9 Å². The number of aliphatic imine (C=N–C) groups is 1. The molecule has 112 valence electrons. The number of nitrogens with one attached hydrogen (secondary N) is 1. The molecule has 0 aliphatic carbocycles. The number of amides is 2. The maximum absolute atomic E-state index is 11.8. The van der Waals surface area contributed by atoms with E-state index in [1.165, 1.54) is 24.3 Å². The van der Waals surface area contributed by atoms with E-state index in [1.807, 2.05) is 0 Å². The molecule has 10 heteroatoms. The van der Waals surface area contributed by atoms with E-state index in [0.717, 1.165) is 11.8 Å². The summed E-state index contributed by atoms with van der Waals surface area (Å²) in [6.45, 7) is 0. The highest BCUT2D eigenvalue weighted by atomic mass is 32.2. The lowest BCUT2D eigenvalue weighted by Gasteiger charge is -2.08. The number of amidine groups is 1. The second-order valence-electron chi connectivity index (χ2n) is 4.22. The lowest BCUT2D eigenvalue weighted by Crippen LogP contribution is -2.21. The molecule has 1 heterocycles. The zero-order chi connectivity index (χ0) is 15.6. The van der Waals surface area contributed by atoms with Crippen LogP contribution in [0.1, 0.15) is 6.42 Å². The number of anilines is 1. The highest BCUT2D eigenvalue weighted by molar-refractivity contribution is 8.15. The summed E-state index contributed by atoms with van der Waals surface area (Å²) in [5.74, 6) is -0.827. The van der Waals surface area contributed by atoms with Crippen LogP contribution in [0.4, 0.5) is 5.69 Å². The summed E-state index contributed by atoms with van der Waals surface area (Å²) >= 11 is 1.04. The van der Waals surface area contributed by atoms with Crippen LogP contribution >= 0.6 is 11.8 Å². The van der Waals surface area contributed by atoms with Crippen molar-refractivity contribution in [3.8, 4) is 0 Å². The number of primary sulfonamides is 1. The molecule has 1 atom stereocenters. The number of sulfonamides is 1. The van der Waals surface area contributed by atoms with Crippen LogP contribution in [0.5, 0.6) is 0 Å². The monoisotopic (exact) mass is 328 g/mol. The van der Waals surface area contributed by atoms with E-state index in [-0.39, 0.29) is 16.5 Å². The third-order valence-corrected chi connectivity index (χ3v) is 4.51. The summed E-state index contributed by atoms with van der Waals surface area (Å²) in [6, 6.07) is 5.38. The second kappa shape index (κ2) is 5.84. The quantitative estimate of drug-likeness (QED) is 0.687. The highest BCUT2D eigenvalue weighted by Gasteiger charge is 2.29. The van der Waals surface area contributed by atoms with Gasteiger partial charge in [0, 0.05) is 12.1 Å². The van der Waals surface area contributed by atoms with Crippen molar-refractivity contribution >= 4 is 44.5 Å². The fourth-order valence-corrected chi connectivity index (χ4v) is 2.98. The van der Waals surface area contributed by atoms with Crippen molar-refractivity contribution in [3.63, 3.8) is 0 Å². The zero-order valence-electron chi connectivity index (χ0n) is 10.6. The van der Waals surface area contributed by atoms with Gasteiger partial charge in [-0.2, -0.15) is 4.99 Å². The minimum atomic E-state index is -3.77. The Bertz CT molecular complexity index is 712. The van der Waals surface area contributed by atoms with E-state index in [9.17, 15) is 18.0 Å². The molecule has 1 aromatic carbocycles. The maximum Gasteiger partial charge on any atom is 0.262 e. The van der Waals surface area contributed by atoms with E-state index in [1.54, 1.807) is 0 Å². The lowest BCUT2D eigenvalue weighted by molar-refractivity contribution is -0.121. The Kier molecular flexibility index (Phi) is 4.30. The van der Waals surface area contributed by atoms with Gasteiger partial charge in [-0.3, -0.25) is 9.59 Å². The van der Waals surface area contributed by atoms with Crippen molar-refractivity contribution in [3.05, 3.63) is 24.3 Å². The van der Waals surface area contributed by atoms with Gasteiger partial charge in [0.15, 0.2) is 5.17 Å². The van der Waals surface area contributed by atoms with Crippen LogP contribution in [-0.2, 0) is 19.6 Å². The van der Waals surface area contributed by atoms with Crippen molar-refractivity contribution in [1.82, 2.24) is 0 Å². The number of carbonyl (C=O) groups is 2. The molecule has 0 fully saturated rings. The molecule has 8 nitrogen and oxygen atoms in total. The number of rotatable bonds is 4. The van der Waals surface area contributed by atoms with Gasteiger partial charge < -0.3 is 11.1 Å². The first-order valence-corrected chi connectivity index (χ1v) is 8.15. The Labute approximate surface area is 125 Å². The molecule has 1 aliphatic heterocycles. The Morgan fingerprint density at radius 3 is 2.43 bits per heavy atom. The molecule has 1 unspecified atom stereocenters. The Hall–Kier alpha value is -1.91. The van der Waals surface area contributed by atoms with Gasteiger partial charge >= 0.3 is 0 Å². The predicted octanol–water partition coefficient (Wildman–Crippen LogP) is -0.381. The van der Waals surface area contributed by atoms with E-state index < -0.39 is 27.1 Å². The molecular weight excluding hydrogens is 316 g/mol. The average Bonchev–Trinajstić information content (AvgIpc) is 2.67. The van der Waals surface area contributed by atoms with Crippen molar-refractivity contribution in [2.75, 3.05) is 5.32 Å². The van der Waals surface area contributed by atoms with E-state index in [2.05, 4.69) is 10.3 Å². The van der Waals surface area contributed by atoms with E-state index in [0.29, 0.717) is 5.69 Å². The van der Waals surface area contributed by atoms with Crippen molar-refractivity contribution in [2.24, 2.45) is 15.9 Å². The molecular formula is C11H12N4O4S2. The molecule has 5 N–H and O–H groups in total. The number of nitrogens with two attached hydrogens (primary N) is 2. The maximum atomic E-state index is 11.8. The van der Waals surface area contributed by atoms with Crippen LogP contribution in [0.25, 0.3) is 0 Å². The third-order valence-electron chi connectivity index (χ3n) is 2.60. The molecule has 1 aliphatic rings. The van der Waals surface area contributed by atoms with Crippen LogP contribution in [0.15, 0.2) is 34.2 Å². The molecule has 1 aromatic rings. The number of hydrogen-bond donors (Lipinski definition) is 3. The van der Waals surface area contributed by atoms with Gasteiger partial charge in [-0.25, -0.2) is 13.6 Å². The summed E-state index contributed by atoms with van der Waals surface area (Å²) in [5.41, 5.74) is 5.79. The first-order valence-electron chi connectivity index (χ1n) is 5.73. The third kappa shape index (κ3) is 4.03. The molecule has 0 saturated heterocycles. The van der Waals surface area contributed by atoms with Crippen LogP contribution in [0.2, 0.25) is 0 Å². The van der Waals surface area contributed by atoms with Gasteiger partial charge in [-0.1, -0.05) is 11.8 Å². The molecule has 0 bridgehead atoms. The summed E-state index contributed by atoms with van der Waals surface area (Å²) < 4.78 is 22.2. The van der Waals surface area contributed by atoms with E-state index >= 15 is 0 Å².